The van der Waals surface area contributed by atoms with Crippen LogP contribution in [0.2, 0.25) is 0 Å². The van der Waals surface area contributed by atoms with Gasteiger partial charge < -0.3 is 5.32 Å². The molecule has 0 aliphatic carbocycles. The average Bonchev–Trinajstić information content (AvgIpc) is 2.78. The third-order valence-electron chi connectivity index (χ3n) is 3.27. The molecule has 1 aromatic carbocycles. The van der Waals surface area contributed by atoms with Crippen molar-refractivity contribution < 1.29 is 4.39 Å². The quantitative estimate of drug-likeness (QED) is 0.897. The van der Waals surface area contributed by atoms with Gasteiger partial charge in [-0.25, -0.2) is 9.07 Å². The van der Waals surface area contributed by atoms with Gasteiger partial charge in [0, 0.05) is 17.8 Å². The molecule has 0 bridgehead atoms. The largest absolute Gasteiger partial charge is 0.316 e. The second-order valence-corrected chi connectivity index (χ2v) is 4.50. The van der Waals surface area contributed by atoms with Crippen molar-refractivity contribution in [2.24, 2.45) is 0 Å². The van der Waals surface area contributed by atoms with Gasteiger partial charge in [-0.15, -0.1) is 0 Å². The minimum Gasteiger partial charge on any atom is -0.316 e. The van der Waals surface area contributed by atoms with E-state index in [-0.39, 0.29) is 5.82 Å². The molecule has 102 valence electrons. The Hall–Kier alpha value is -1.68. The highest BCUT2D eigenvalue weighted by molar-refractivity contribution is 5.38. The van der Waals surface area contributed by atoms with Gasteiger partial charge in [0.05, 0.1) is 11.4 Å². The predicted octanol–water partition coefficient (Wildman–Crippen LogP) is 2.86. The SMILES string of the molecule is CCc1nn(-c2ccc(F)cc2)c(CC)c1CNC. The minimum absolute atomic E-state index is 0.222. The second kappa shape index (κ2) is 5.97. The topological polar surface area (TPSA) is 29.9 Å². The fraction of sp³-hybridized carbons (Fsp3) is 0.400. The van der Waals surface area contributed by atoms with Crippen LogP contribution in [-0.2, 0) is 19.4 Å². The third-order valence-corrected chi connectivity index (χ3v) is 3.27. The Bertz CT molecular complexity index is 543. The van der Waals surface area contributed by atoms with Gasteiger partial charge in [-0.2, -0.15) is 5.10 Å². The van der Waals surface area contributed by atoms with Crippen LogP contribution >= 0.6 is 0 Å². The van der Waals surface area contributed by atoms with Crippen molar-refractivity contribution in [3.05, 3.63) is 47.0 Å². The first-order valence-electron chi connectivity index (χ1n) is 6.71. The number of aromatic nitrogens is 2. The van der Waals surface area contributed by atoms with Crippen LogP contribution in [0.1, 0.15) is 30.8 Å². The van der Waals surface area contributed by atoms with E-state index in [0.717, 1.165) is 30.8 Å². The molecule has 0 saturated carbocycles. The van der Waals surface area contributed by atoms with Crippen LogP contribution in [0.25, 0.3) is 5.69 Å². The van der Waals surface area contributed by atoms with E-state index in [9.17, 15) is 4.39 Å². The minimum atomic E-state index is -0.222. The highest BCUT2D eigenvalue weighted by Crippen LogP contribution is 2.20. The maximum atomic E-state index is 13.0. The molecule has 2 rings (SSSR count). The number of hydrogen-bond acceptors (Lipinski definition) is 2. The van der Waals surface area contributed by atoms with Gasteiger partial charge in [0.1, 0.15) is 5.82 Å². The van der Waals surface area contributed by atoms with Crippen LogP contribution in [0.5, 0.6) is 0 Å². The molecule has 1 aromatic heterocycles. The Morgan fingerprint density at radius 2 is 1.84 bits per heavy atom. The molecular weight excluding hydrogens is 241 g/mol. The van der Waals surface area contributed by atoms with Crippen LogP contribution in [0.15, 0.2) is 24.3 Å². The van der Waals surface area contributed by atoms with Crippen LogP contribution in [-0.4, -0.2) is 16.8 Å². The molecule has 0 amide bonds. The predicted molar refractivity (Wildman–Crippen MR) is 75.0 cm³/mol. The first-order chi connectivity index (χ1) is 9.21. The van der Waals surface area contributed by atoms with Crippen molar-refractivity contribution in [2.75, 3.05) is 7.05 Å². The first kappa shape index (κ1) is 13.7. The van der Waals surface area contributed by atoms with Crippen LogP contribution in [0.4, 0.5) is 4.39 Å². The number of nitrogens with one attached hydrogen (secondary N) is 1. The molecule has 4 heteroatoms. The van der Waals surface area contributed by atoms with Crippen molar-refractivity contribution in [3.63, 3.8) is 0 Å². The number of halogens is 1. The van der Waals surface area contributed by atoms with Gasteiger partial charge in [0.15, 0.2) is 0 Å². The molecule has 0 spiro atoms. The van der Waals surface area contributed by atoms with Crippen molar-refractivity contribution in [1.82, 2.24) is 15.1 Å². The standard InChI is InChI=1S/C15H20FN3/c1-4-14-13(10-17-3)15(5-2)19(18-14)12-8-6-11(16)7-9-12/h6-9,17H,4-5,10H2,1-3H3. The van der Waals surface area contributed by atoms with Crippen molar-refractivity contribution in [3.8, 4) is 5.69 Å². The van der Waals surface area contributed by atoms with Gasteiger partial charge in [-0.1, -0.05) is 13.8 Å². The van der Waals surface area contributed by atoms with E-state index in [4.69, 9.17) is 0 Å². The fourth-order valence-corrected chi connectivity index (χ4v) is 2.36. The lowest BCUT2D eigenvalue weighted by Crippen LogP contribution is -2.09. The lowest BCUT2D eigenvalue weighted by molar-refractivity contribution is 0.626. The molecule has 1 N–H and O–H groups in total. The van der Waals surface area contributed by atoms with E-state index >= 15 is 0 Å². The summed E-state index contributed by atoms with van der Waals surface area (Å²) in [4.78, 5) is 0. The van der Waals surface area contributed by atoms with Gasteiger partial charge in [-0.05, 0) is 44.2 Å². The Morgan fingerprint density at radius 1 is 1.16 bits per heavy atom. The highest BCUT2D eigenvalue weighted by atomic mass is 19.1. The summed E-state index contributed by atoms with van der Waals surface area (Å²) in [6.45, 7) is 5.04. The van der Waals surface area contributed by atoms with Crippen LogP contribution in [0.3, 0.4) is 0 Å². The Labute approximate surface area is 113 Å². The fourth-order valence-electron chi connectivity index (χ4n) is 2.36. The van der Waals surface area contributed by atoms with Gasteiger partial charge in [0.25, 0.3) is 0 Å². The molecular formula is C15H20FN3. The summed E-state index contributed by atoms with van der Waals surface area (Å²) in [6.07, 6.45) is 1.81. The maximum Gasteiger partial charge on any atom is 0.123 e. The average molecular weight is 261 g/mol. The molecule has 0 aliphatic rings. The highest BCUT2D eigenvalue weighted by Gasteiger charge is 2.15. The Balaban J connectivity index is 2.53. The number of benzene rings is 1. The molecule has 0 fully saturated rings. The molecule has 19 heavy (non-hydrogen) atoms. The zero-order valence-corrected chi connectivity index (χ0v) is 11.7. The molecule has 0 unspecified atom stereocenters. The van der Waals surface area contributed by atoms with E-state index < -0.39 is 0 Å². The molecule has 3 nitrogen and oxygen atoms in total. The molecule has 1 heterocycles. The number of hydrogen-bond donors (Lipinski definition) is 1. The van der Waals surface area contributed by atoms with E-state index in [0.29, 0.717) is 0 Å². The lowest BCUT2D eigenvalue weighted by atomic mass is 10.1. The first-order valence-corrected chi connectivity index (χ1v) is 6.71. The summed E-state index contributed by atoms with van der Waals surface area (Å²) < 4.78 is 15.0. The van der Waals surface area contributed by atoms with Crippen LogP contribution in [0, 0.1) is 5.82 Å². The smallest absolute Gasteiger partial charge is 0.123 e. The molecule has 0 aliphatic heterocycles. The molecule has 2 aromatic rings. The zero-order valence-electron chi connectivity index (χ0n) is 11.7. The monoisotopic (exact) mass is 261 g/mol. The van der Waals surface area contributed by atoms with Gasteiger partial charge in [0.2, 0.25) is 0 Å². The van der Waals surface area contributed by atoms with E-state index in [2.05, 4.69) is 24.3 Å². The normalized spacial score (nSPS) is 10.9. The second-order valence-electron chi connectivity index (χ2n) is 4.50. The maximum absolute atomic E-state index is 13.0. The molecule has 0 atom stereocenters. The number of rotatable bonds is 5. The molecule has 0 radical (unpaired) electrons. The summed E-state index contributed by atoms with van der Waals surface area (Å²) in [5, 5.41) is 7.87. The Morgan fingerprint density at radius 3 is 2.37 bits per heavy atom. The van der Waals surface area contributed by atoms with Gasteiger partial charge >= 0.3 is 0 Å². The Kier molecular flexibility index (Phi) is 4.32. The summed E-state index contributed by atoms with van der Waals surface area (Å²) in [5.41, 5.74) is 4.47. The lowest BCUT2D eigenvalue weighted by Gasteiger charge is -2.07. The summed E-state index contributed by atoms with van der Waals surface area (Å²) in [5.74, 6) is -0.222. The summed E-state index contributed by atoms with van der Waals surface area (Å²) in [7, 11) is 1.94. The van der Waals surface area contributed by atoms with Crippen molar-refractivity contribution >= 4 is 0 Å². The zero-order chi connectivity index (χ0) is 13.8. The van der Waals surface area contributed by atoms with E-state index in [1.54, 1.807) is 12.1 Å². The molecule has 0 saturated heterocycles. The van der Waals surface area contributed by atoms with Gasteiger partial charge in [-0.3, -0.25) is 0 Å². The number of nitrogens with zero attached hydrogens (tertiary/aromatic N) is 2. The van der Waals surface area contributed by atoms with Crippen LogP contribution < -0.4 is 5.32 Å². The third kappa shape index (κ3) is 2.68. The summed E-state index contributed by atoms with van der Waals surface area (Å²) in [6, 6.07) is 6.48. The van der Waals surface area contributed by atoms with Crippen molar-refractivity contribution in [1.29, 1.82) is 0 Å². The van der Waals surface area contributed by atoms with E-state index in [1.165, 1.54) is 23.4 Å². The van der Waals surface area contributed by atoms with E-state index in [1.807, 2.05) is 11.7 Å². The summed E-state index contributed by atoms with van der Waals surface area (Å²) >= 11 is 0. The number of aryl methyl sites for hydroxylation is 1. The van der Waals surface area contributed by atoms with Crippen molar-refractivity contribution in [2.45, 2.75) is 33.2 Å².